The van der Waals surface area contributed by atoms with Gasteiger partial charge in [0.05, 0.1) is 0 Å². The molecule has 0 aliphatic carbocycles. The van der Waals surface area contributed by atoms with Crippen molar-refractivity contribution >= 4 is 10.9 Å². The highest BCUT2D eigenvalue weighted by atomic mass is 19.1. The average Bonchev–Trinajstić information content (AvgIpc) is 2.75. The monoisotopic (exact) mass is 229 g/mol. The Morgan fingerprint density at radius 2 is 1.76 bits per heavy atom. The number of halogens is 2. The number of hydrogen-bond acceptors (Lipinski definition) is 0. The van der Waals surface area contributed by atoms with Crippen molar-refractivity contribution in [2.24, 2.45) is 0 Å². The van der Waals surface area contributed by atoms with E-state index in [0.29, 0.717) is 5.56 Å². The van der Waals surface area contributed by atoms with Crippen LogP contribution in [0.15, 0.2) is 48.7 Å². The molecule has 0 saturated carbocycles. The topological polar surface area (TPSA) is 15.8 Å². The molecule has 3 heteroatoms. The van der Waals surface area contributed by atoms with Gasteiger partial charge in [-0.1, -0.05) is 6.07 Å². The summed E-state index contributed by atoms with van der Waals surface area (Å²) in [6, 6.07) is 11.1. The predicted molar refractivity (Wildman–Crippen MR) is 63.7 cm³/mol. The highest BCUT2D eigenvalue weighted by molar-refractivity contribution is 5.85. The largest absolute Gasteiger partial charge is 0.361 e. The van der Waals surface area contributed by atoms with E-state index in [4.69, 9.17) is 0 Å². The van der Waals surface area contributed by atoms with Crippen molar-refractivity contribution in [2.45, 2.75) is 0 Å². The Morgan fingerprint density at radius 3 is 2.59 bits per heavy atom. The Bertz CT molecular complexity index is 686. The van der Waals surface area contributed by atoms with Crippen molar-refractivity contribution in [1.29, 1.82) is 0 Å². The van der Waals surface area contributed by atoms with Gasteiger partial charge < -0.3 is 4.98 Å². The molecule has 17 heavy (non-hydrogen) atoms. The molecule has 0 spiro atoms. The van der Waals surface area contributed by atoms with Crippen LogP contribution in [0, 0.1) is 11.6 Å². The van der Waals surface area contributed by atoms with Crippen molar-refractivity contribution in [1.82, 2.24) is 4.98 Å². The molecular weight excluding hydrogens is 220 g/mol. The zero-order valence-corrected chi connectivity index (χ0v) is 8.87. The summed E-state index contributed by atoms with van der Waals surface area (Å²) in [6.45, 7) is 0. The van der Waals surface area contributed by atoms with Crippen molar-refractivity contribution in [3.63, 3.8) is 0 Å². The van der Waals surface area contributed by atoms with E-state index in [1.807, 2.05) is 30.5 Å². The van der Waals surface area contributed by atoms with E-state index in [9.17, 15) is 8.78 Å². The van der Waals surface area contributed by atoms with E-state index in [0.717, 1.165) is 22.5 Å². The van der Waals surface area contributed by atoms with Gasteiger partial charge in [0.15, 0.2) is 0 Å². The third kappa shape index (κ3) is 1.69. The van der Waals surface area contributed by atoms with Crippen LogP contribution < -0.4 is 0 Å². The van der Waals surface area contributed by atoms with Gasteiger partial charge in [-0.05, 0) is 41.3 Å². The summed E-state index contributed by atoms with van der Waals surface area (Å²) in [5.74, 6) is -1.10. The molecule has 3 rings (SSSR count). The molecule has 84 valence electrons. The van der Waals surface area contributed by atoms with Gasteiger partial charge in [-0.2, -0.15) is 0 Å². The highest BCUT2D eigenvalue weighted by Crippen LogP contribution is 2.26. The van der Waals surface area contributed by atoms with Gasteiger partial charge in [-0.3, -0.25) is 0 Å². The lowest BCUT2D eigenvalue weighted by Crippen LogP contribution is -1.86. The number of aromatic amines is 1. The first-order chi connectivity index (χ1) is 8.24. The maximum atomic E-state index is 13.6. The molecule has 0 unspecified atom stereocenters. The third-order valence-corrected chi connectivity index (χ3v) is 2.80. The quantitative estimate of drug-likeness (QED) is 0.646. The van der Waals surface area contributed by atoms with Crippen molar-refractivity contribution in [2.75, 3.05) is 0 Å². The number of rotatable bonds is 1. The average molecular weight is 229 g/mol. The molecule has 2 aromatic carbocycles. The van der Waals surface area contributed by atoms with Crippen LogP contribution in [-0.4, -0.2) is 4.98 Å². The zero-order valence-electron chi connectivity index (χ0n) is 8.87. The summed E-state index contributed by atoms with van der Waals surface area (Å²) >= 11 is 0. The first kappa shape index (κ1) is 10.0. The minimum absolute atomic E-state index is 0.412. The summed E-state index contributed by atoms with van der Waals surface area (Å²) in [5.41, 5.74) is 2.15. The van der Waals surface area contributed by atoms with Gasteiger partial charge in [0, 0.05) is 23.3 Å². The summed E-state index contributed by atoms with van der Waals surface area (Å²) < 4.78 is 26.4. The summed E-state index contributed by atoms with van der Waals surface area (Å²) in [7, 11) is 0. The maximum absolute atomic E-state index is 13.6. The molecule has 0 aliphatic heterocycles. The normalized spacial score (nSPS) is 10.9. The van der Waals surface area contributed by atoms with Crippen LogP contribution in [0.4, 0.5) is 8.78 Å². The van der Waals surface area contributed by atoms with E-state index >= 15 is 0 Å². The highest BCUT2D eigenvalue weighted by Gasteiger charge is 2.07. The van der Waals surface area contributed by atoms with Crippen LogP contribution in [-0.2, 0) is 0 Å². The molecule has 1 heterocycles. The summed E-state index contributed by atoms with van der Waals surface area (Å²) in [4.78, 5) is 3.07. The molecule has 0 radical (unpaired) electrons. The summed E-state index contributed by atoms with van der Waals surface area (Å²) in [5, 5.41) is 1.01. The first-order valence-electron chi connectivity index (χ1n) is 5.26. The maximum Gasteiger partial charge on any atom is 0.133 e. The Morgan fingerprint density at radius 1 is 0.882 bits per heavy atom. The van der Waals surface area contributed by atoms with Crippen LogP contribution in [0.25, 0.3) is 22.0 Å². The van der Waals surface area contributed by atoms with Crippen LogP contribution in [0.2, 0.25) is 0 Å². The molecule has 0 amide bonds. The number of nitrogens with one attached hydrogen (secondary N) is 1. The molecule has 0 aliphatic rings. The molecular formula is C14H9F2N. The Hall–Kier alpha value is -2.16. The van der Waals surface area contributed by atoms with Crippen LogP contribution in [0.5, 0.6) is 0 Å². The van der Waals surface area contributed by atoms with Gasteiger partial charge >= 0.3 is 0 Å². The number of aromatic nitrogens is 1. The SMILES string of the molecule is Fc1ccc(-c2ccc3[nH]ccc3c2)c(F)c1. The number of H-pyrrole nitrogens is 1. The van der Waals surface area contributed by atoms with E-state index in [-0.39, 0.29) is 0 Å². The number of benzene rings is 2. The predicted octanol–water partition coefficient (Wildman–Crippen LogP) is 4.11. The third-order valence-electron chi connectivity index (χ3n) is 2.80. The molecule has 1 N–H and O–H groups in total. The molecule has 1 nitrogen and oxygen atoms in total. The minimum Gasteiger partial charge on any atom is -0.361 e. The standard InChI is InChI=1S/C14H9F2N/c15-11-2-3-12(13(16)8-11)9-1-4-14-10(7-9)5-6-17-14/h1-8,17H. The fourth-order valence-electron chi connectivity index (χ4n) is 1.94. The van der Waals surface area contributed by atoms with Gasteiger partial charge in [-0.15, -0.1) is 0 Å². The van der Waals surface area contributed by atoms with Gasteiger partial charge in [-0.25, -0.2) is 8.78 Å². The number of fused-ring (bicyclic) bond motifs is 1. The second kappa shape index (κ2) is 3.70. The van der Waals surface area contributed by atoms with Crippen molar-refractivity contribution in [3.8, 4) is 11.1 Å². The molecule has 0 bridgehead atoms. The van der Waals surface area contributed by atoms with Gasteiger partial charge in [0.2, 0.25) is 0 Å². The van der Waals surface area contributed by atoms with Crippen LogP contribution >= 0.6 is 0 Å². The van der Waals surface area contributed by atoms with E-state index in [2.05, 4.69) is 4.98 Å². The molecule has 0 atom stereocenters. The van der Waals surface area contributed by atoms with E-state index < -0.39 is 11.6 Å². The van der Waals surface area contributed by atoms with Crippen LogP contribution in [0.3, 0.4) is 0 Å². The smallest absolute Gasteiger partial charge is 0.133 e. The Balaban J connectivity index is 2.19. The van der Waals surface area contributed by atoms with Gasteiger partial charge in [0.25, 0.3) is 0 Å². The molecule has 3 aromatic rings. The van der Waals surface area contributed by atoms with Crippen molar-refractivity contribution in [3.05, 3.63) is 60.3 Å². The Kier molecular flexibility index (Phi) is 2.18. The first-order valence-corrected chi connectivity index (χ1v) is 5.26. The second-order valence-corrected chi connectivity index (χ2v) is 3.90. The lowest BCUT2D eigenvalue weighted by molar-refractivity contribution is 0.585. The summed E-state index contributed by atoms with van der Waals surface area (Å²) in [6.07, 6.45) is 1.83. The lowest BCUT2D eigenvalue weighted by atomic mass is 10.0. The van der Waals surface area contributed by atoms with E-state index in [1.54, 1.807) is 0 Å². The van der Waals surface area contributed by atoms with Gasteiger partial charge in [0.1, 0.15) is 11.6 Å². The second-order valence-electron chi connectivity index (χ2n) is 3.90. The van der Waals surface area contributed by atoms with Crippen molar-refractivity contribution < 1.29 is 8.78 Å². The molecule has 0 fully saturated rings. The Labute approximate surface area is 96.7 Å². The molecule has 0 saturated heterocycles. The van der Waals surface area contributed by atoms with Crippen LogP contribution in [0.1, 0.15) is 0 Å². The fourth-order valence-corrected chi connectivity index (χ4v) is 1.94. The minimum atomic E-state index is -0.561. The van der Waals surface area contributed by atoms with E-state index in [1.165, 1.54) is 12.1 Å². The molecule has 1 aromatic heterocycles. The lowest BCUT2D eigenvalue weighted by Gasteiger charge is -2.03. The number of hydrogen-bond donors (Lipinski definition) is 1. The zero-order chi connectivity index (χ0) is 11.8. The fraction of sp³-hybridized carbons (Fsp3) is 0.